The third kappa shape index (κ3) is 5.11. The maximum atomic E-state index is 13.5. The van der Waals surface area contributed by atoms with E-state index in [0.717, 1.165) is 33.8 Å². The van der Waals surface area contributed by atoms with Gasteiger partial charge in [0.25, 0.3) is 0 Å². The Kier molecular flexibility index (Phi) is 8.02. The lowest BCUT2D eigenvalue weighted by Gasteiger charge is -2.35. The Morgan fingerprint density at radius 3 is 1.33 bits per heavy atom. The molecule has 0 fully saturated rings. The highest BCUT2D eigenvalue weighted by molar-refractivity contribution is 5.97. The maximum Gasteiger partial charge on any atom is 0.340 e. The lowest BCUT2D eigenvalue weighted by Crippen LogP contribution is -2.37. The van der Waals surface area contributed by atoms with Crippen molar-refractivity contribution in [2.75, 3.05) is 28.8 Å². The van der Waals surface area contributed by atoms with Crippen LogP contribution in [0.3, 0.4) is 0 Å². The van der Waals surface area contributed by atoms with Crippen LogP contribution in [0.4, 0.5) is 17.1 Å². The topological polar surface area (TPSA) is 36.0 Å². The fraction of sp³-hybridized carbons (Fsp3) is 0.441. The van der Waals surface area contributed by atoms with Crippen molar-refractivity contribution >= 4 is 23.0 Å². The summed E-state index contributed by atoms with van der Waals surface area (Å²) in [7, 11) is 3.97. The SMILES string of the molecule is CC(C)N(c1ccc(C2(c3ccc(N(C(C)C)C(C)C)cc3)OC(=O)c3cc(N(C)C)ccc32)cc1)C(C)C. The van der Waals surface area contributed by atoms with Gasteiger partial charge in [-0.2, -0.15) is 0 Å². The van der Waals surface area contributed by atoms with Gasteiger partial charge in [0.05, 0.1) is 5.56 Å². The van der Waals surface area contributed by atoms with Crippen LogP contribution >= 0.6 is 0 Å². The number of cyclic esters (lactones) is 1. The molecule has 1 aliphatic rings. The summed E-state index contributed by atoms with van der Waals surface area (Å²) >= 11 is 0. The van der Waals surface area contributed by atoms with Crippen LogP contribution in [0.25, 0.3) is 0 Å². The summed E-state index contributed by atoms with van der Waals surface area (Å²) < 4.78 is 6.43. The molecule has 0 spiro atoms. The van der Waals surface area contributed by atoms with Gasteiger partial charge < -0.3 is 19.4 Å². The van der Waals surface area contributed by atoms with Gasteiger partial charge in [0.1, 0.15) is 0 Å². The summed E-state index contributed by atoms with van der Waals surface area (Å²) in [5, 5.41) is 0. The minimum absolute atomic E-state index is 0.293. The molecule has 0 aliphatic carbocycles. The molecule has 0 amide bonds. The van der Waals surface area contributed by atoms with Crippen molar-refractivity contribution in [3.05, 3.63) is 89.0 Å². The molecule has 5 heteroatoms. The minimum Gasteiger partial charge on any atom is -0.441 e. The van der Waals surface area contributed by atoms with E-state index in [2.05, 4.69) is 126 Å². The first-order valence-corrected chi connectivity index (χ1v) is 14.2. The zero-order valence-corrected chi connectivity index (χ0v) is 25.3. The number of hydrogen-bond donors (Lipinski definition) is 0. The molecule has 1 heterocycles. The van der Waals surface area contributed by atoms with Gasteiger partial charge in [-0.1, -0.05) is 30.3 Å². The molecule has 5 nitrogen and oxygen atoms in total. The molecule has 0 aromatic heterocycles. The predicted octanol–water partition coefficient (Wildman–Crippen LogP) is 7.46. The summed E-state index contributed by atoms with van der Waals surface area (Å²) in [5.74, 6) is -0.293. The Morgan fingerprint density at radius 1 is 0.590 bits per heavy atom. The standard InChI is InChI=1S/C34H45N3O2/c1-22(2)36(23(3)4)28-15-11-26(12-16-28)34(27-13-17-29(18-14-27)37(24(5)6)25(7)8)32-20-19-30(35(9)10)21-31(32)33(38)39-34/h11-25H,1-10H3. The molecule has 0 saturated heterocycles. The Morgan fingerprint density at radius 2 is 0.974 bits per heavy atom. The third-order valence-corrected chi connectivity index (χ3v) is 7.73. The second-order valence-corrected chi connectivity index (χ2v) is 12.0. The van der Waals surface area contributed by atoms with Crippen molar-refractivity contribution in [2.45, 2.75) is 85.2 Å². The number of hydrogen-bond acceptors (Lipinski definition) is 5. The molecular weight excluding hydrogens is 482 g/mol. The van der Waals surface area contributed by atoms with Gasteiger partial charge in [-0.25, -0.2) is 4.79 Å². The quantitative estimate of drug-likeness (QED) is 0.270. The number of benzene rings is 3. The van der Waals surface area contributed by atoms with Gasteiger partial charge in [-0.05, 0) is 91.8 Å². The van der Waals surface area contributed by atoms with Crippen molar-refractivity contribution in [3.63, 3.8) is 0 Å². The Hall–Kier alpha value is -3.47. The largest absolute Gasteiger partial charge is 0.441 e. The molecule has 0 unspecified atom stereocenters. The van der Waals surface area contributed by atoms with E-state index in [1.165, 1.54) is 0 Å². The van der Waals surface area contributed by atoms with E-state index in [1.807, 2.05) is 25.1 Å². The summed E-state index contributed by atoms with van der Waals surface area (Å²) in [6.45, 7) is 17.7. The van der Waals surface area contributed by atoms with Crippen molar-refractivity contribution in [1.29, 1.82) is 0 Å². The number of ether oxygens (including phenoxy) is 1. The normalized spacial score (nSPS) is 14.3. The molecule has 4 rings (SSSR count). The molecule has 208 valence electrons. The molecule has 0 atom stereocenters. The van der Waals surface area contributed by atoms with E-state index in [4.69, 9.17) is 4.74 Å². The average molecular weight is 528 g/mol. The summed E-state index contributed by atoms with van der Waals surface area (Å²) in [6, 6.07) is 24.7. The van der Waals surface area contributed by atoms with Crippen molar-refractivity contribution in [1.82, 2.24) is 0 Å². The van der Waals surface area contributed by atoms with E-state index in [-0.39, 0.29) is 5.97 Å². The minimum atomic E-state index is -1.02. The van der Waals surface area contributed by atoms with Gasteiger partial charge in [-0.3, -0.25) is 0 Å². The molecule has 0 radical (unpaired) electrons. The molecule has 1 aliphatic heterocycles. The van der Waals surface area contributed by atoms with Crippen LogP contribution in [0, 0.1) is 0 Å². The van der Waals surface area contributed by atoms with E-state index in [1.54, 1.807) is 0 Å². The second-order valence-electron chi connectivity index (χ2n) is 12.0. The fourth-order valence-corrected chi connectivity index (χ4v) is 6.25. The number of fused-ring (bicyclic) bond motifs is 1. The first kappa shape index (κ1) is 28.5. The Balaban J connectivity index is 1.89. The number of carbonyl (C=O) groups is 1. The third-order valence-electron chi connectivity index (χ3n) is 7.73. The fourth-order valence-electron chi connectivity index (χ4n) is 6.25. The molecular formula is C34H45N3O2. The summed E-state index contributed by atoms with van der Waals surface area (Å²) in [6.07, 6.45) is 0. The molecule has 39 heavy (non-hydrogen) atoms. The van der Waals surface area contributed by atoms with Crippen LogP contribution in [0.1, 0.15) is 82.4 Å². The molecule has 3 aromatic carbocycles. The predicted molar refractivity (Wildman–Crippen MR) is 164 cm³/mol. The second kappa shape index (κ2) is 11.0. The van der Waals surface area contributed by atoms with E-state index >= 15 is 0 Å². The number of carbonyl (C=O) groups excluding carboxylic acids is 1. The maximum absolute atomic E-state index is 13.5. The first-order chi connectivity index (χ1) is 18.4. The number of rotatable bonds is 9. The zero-order chi connectivity index (χ0) is 28.6. The smallest absolute Gasteiger partial charge is 0.340 e. The van der Waals surface area contributed by atoms with Crippen molar-refractivity contribution in [3.8, 4) is 0 Å². The highest BCUT2D eigenvalue weighted by Crippen LogP contribution is 2.48. The molecule has 0 N–H and O–H groups in total. The van der Waals surface area contributed by atoms with Gasteiger partial charge >= 0.3 is 5.97 Å². The van der Waals surface area contributed by atoms with Crippen LogP contribution < -0.4 is 14.7 Å². The summed E-state index contributed by atoms with van der Waals surface area (Å²) in [4.78, 5) is 20.3. The van der Waals surface area contributed by atoms with Crippen LogP contribution in [-0.4, -0.2) is 44.2 Å². The molecule has 0 bridgehead atoms. The highest BCUT2D eigenvalue weighted by Gasteiger charge is 2.48. The Labute approximate surface area is 235 Å². The van der Waals surface area contributed by atoms with Crippen LogP contribution in [0.2, 0.25) is 0 Å². The van der Waals surface area contributed by atoms with Gasteiger partial charge in [0.2, 0.25) is 0 Å². The van der Waals surface area contributed by atoms with E-state index in [9.17, 15) is 4.79 Å². The van der Waals surface area contributed by atoms with Crippen molar-refractivity contribution in [2.24, 2.45) is 0 Å². The lowest BCUT2D eigenvalue weighted by atomic mass is 9.79. The van der Waals surface area contributed by atoms with Crippen molar-refractivity contribution < 1.29 is 9.53 Å². The first-order valence-electron chi connectivity index (χ1n) is 14.2. The van der Waals surface area contributed by atoms with E-state index in [0.29, 0.717) is 29.7 Å². The monoisotopic (exact) mass is 527 g/mol. The number of esters is 1. The van der Waals surface area contributed by atoms with Gasteiger partial charge in [-0.15, -0.1) is 0 Å². The zero-order valence-electron chi connectivity index (χ0n) is 25.3. The van der Waals surface area contributed by atoms with Crippen LogP contribution in [0.15, 0.2) is 66.7 Å². The molecule has 3 aromatic rings. The molecule has 0 saturated carbocycles. The van der Waals surface area contributed by atoms with Crippen LogP contribution in [-0.2, 0) is 10.3 Å². The number of nitrogens with zero attached hydrogens (tertiary/aromatic N) is 3. The number of anilines is 3. The summed E-state index contributed by atoms with van der Waals surface area (Å²) in [5.41, 5.74) is 5.66. The van der Waals surface area contributed by atoms with Gasteiger partial charge in [0, 0.05) is 72.0 Å². The lowest BCUT2D eigenvalue weighted by molar-refractivity contribution is 0.0251. The van der Waals surface area contributed by atoms with Crippen LogP contribution in [0.5, 0.6) is 0 Å². The highest BCUT2D eigenvalue weighted by atomic mass is 16.6. The average Bonchev–Trinajstić information content (AvgIpc) is 3.16. The van der Waals surface area contributed by atoms with E-state index < -0.39 is 5.60 Å². The Bertz CT molecular complexity index is 1210. The van der Waals surface area contributed by atoms with Gasteiger partial charge in [0.15, 0.2) is 5.60 Å².